The summed E-state index contributed by atoms with van der Waals surface area (Å²) in [5.41, 5.74) is 0.893. The van der Waals surface area contributed by atoms with E-state index in [1.165, 1.54) is 6.33 Å². The Bertz CT molecular complexity index is 524. The number of nitrogens with one attached hydrogen (secondary N) is 1. The first-order valence-corrected chi connectivity index (χ1v) is 6.17. The van der Waals surface area contributed by atoms with E-state index in [0.717, 1.165) is 15.8 Å². The van der Waals surface area contributed by atoms with Gasteiger partial charge in [0, 0.05) is 6.54 Å². The van der Waals surface area contributed by atoms with Crippen LogP contribution in [0.2, 0.25) is 0 Å². The number of nitrogens with zero attached hydrogens (tertiary/aromatic N) is 2. The Kier molecular flexibility index (Phi) is 3.28. The van der Waals surface area contributed by atoms with Crippen molar-refractivity contribution in [3.63, 3.8) is 0 Å². The summed E-state index contributed by atoms with van der Waals surface area (Å²) in [6.45, 7) is 3.52. The zero-order chi connectivity index (χ0) is 12.5. The topological polar surface area (TPSA) is 78.3 Å². The molecule has 17 heavy (non-hydrogen) atoms. The number of hydrogen-bond acceptors (Lipinski definition) is 6. The lowest BCUT2D eigenvalue weighted by atomic mass is 10.1. The van der Waals surface area contributed by atoms with Gasteiger partial charge in [-0.15, -0.1) is 11.3 Å². The zero-order valence-corrected chi connectivity index (χ0v) is 10.6. The number of fused-ring (bicyclic) bond motifs is 1. The van der Waals surface area contributed by atoms with Crippen molar-refractivity contribution in [1.29, 1.82) is 0 Å². The summed E-state index contributed by atoms with van der Waals surface area (Å²) in [4.78, 5) is 8.37. The molecule has 1 atom stereocenters. The molecule has 0 aromatic carbocycles. The predicted molar refractivity (Wildman–Crippen MR) is 68.4 cm³/mol. The van der Waals surface area contributed by atoms with Crippen LogP contribution in [-0.2, 0) is 0 Å². The highest BCUT2D eigenvalue weighted by atomic mass is 32.1. The van der Waals surface area contributed by atoms with Gasteiger partial charge in [0.2, 0.25) is 0 Å². The molecule has 0 radical (unpaired) electrons. The molecule has 2 heterocycles. The summed E-state index contributed by atoms with van der Waals surface area (Å²) in [6, 6.07) is 0. The Morgan fingerprint density at radius 3 is 2.94 bits per heavy atom. The second kappa shape index (κ2) is 4.56. The minimum Gasteiger partial charge on any atom is -0.393 e. The number of aliphatic hydroxyl groups is 2. The molecule has 0 fully saturated rings. The Morgan fingerprint density at radius 1 is 1.47 bits per heavy atom. The van der Waals surface area contributed by atoms with E-state index in [9.17, 15) is 5.11 Å². The van der Waals surface area contributed by atoms with Crippen molar-refractivity contribution in [3.05, 3.63) is 17.3 Å². The normalized spacial score (nSPS) is 14.8. The zero-order valence-electron chi connectivity index (χ0n) is 9.77. The largest absolute Gasteiger partial charge is 0.393 e. The van der Waals surface area contributed by atoms with Crippen LogP contribution in [0.3, 0.4) is 0 Å². The Hall–Kier alpha value is -1.24. The van der Waals surface area contributed by atoms with Gasteiger partial charge in [0.05, 0.1) is 16.8 Å². The number of anilines is 1. The summed E-state index contributed by atoms with van der Waals surface area (Å²) >= 11 is 1.57. The average Bonchev–Trinajstić information content (AvgIpc) is 2.70. The molecule has 3 N–H and O–H groups in total. The summed E-state index contributed by atoms with van der Waals surface area (Å²) in [5.74, 6) is 0.696. The second-order valence-corrected chi connectivity index (χ2v) is 5.21. The molecule has 1 unspecified atom stereocenters. The third-order valence-corrected chi connectivity index (χ3v) is 3.60. The molecule has 2 aromatic heterocycles. The van der Waals surface area contributed by atoms with Crippen LogP contribution in [0.4, 0.5) is 5.82 Å². The minimum atomic E-state index is -1.15. The van der Waals surface area contributed by atoms with Crippen molar-refractivity contribution >= 4 is 27.4 Å². The summed E-state index contributed by atoms with van der Waals surface area (Å²) in [6.07, 6.45) is 1.50. The third kappa shape index (κ3) is 2.54. The van der Waals surface area contributed by atoms with Crippen molar-refractivity contribution in [1.82, 2.24) is 9.97 Å². The van der Waals surface area contributed by atoms with E-state index in [-0.39, 0.29) is 13.2 Å². The Labute approximate surface area is 103 Å². The molecule has 0 saturated carbocycles. The number of aromatic nitrogens is 2. The van der Waals surface area contributed by atoms with Crippen LogP contribution in [0.5, 0.6) is 0 Å². The number of thiophene rings is 1. The number of hydrogen-bond donors (Lipinski definition) is 3. The van der Waals surface area contributed by atoms with E-state index in [2.05, 4.69) is 15.3 Å². The predicted octanol–water partition coefficient (Wildman–Crippen LogP) is 1.15. The van der Waals surface area contributed by atoms with Gasteiger partial charge in [-0.2, -0.15) is 0 Å². The van der Waals surface area contributed by atoms with E-state index >= 15 is 0 Å². The van der Waals surface area contributed by atoms with Crippen LogP contribution in [0.25, 0.3) is 10.2 Å². The SMILES string of the molecule is Cc1csc2c(NCC(C)(O)CO)ncnc12. The van der Waals surface area contributed by atoms with E-state index in [0.29, 0.717) is 5.82 Å². The van der Waals surface area contributed by atoms with Gasteiger partial charge in [-0.25, -0.2) is 9.97 Å². The van der Waals surface area contributed by atoms with E-state index in [1.54, 1.807) is 18.3 Å². The number of aryl methyl sites for hydroxylation is 1. The quantitative estimate of drug-likeness (QED) is 0.762. The van der Waals surface area contributed by atoms with Gasteiger partial charge in [-0.05, 0) is 24.8 Å². The Balaban J connectivity index is 2.25. The second-order valence-electron chi connectivity index (χ2n) is 4.33. The van der Waals surface area contributed by atoms with Crippen molar-refractivity contribution in [2.45, 2.75) is 19.4 Å². The first kappa shape index (κ1) is 12.2. The first-order chi connectivity index (χ1) is 8.03. The van der Waals surface area contributed by atoms with Gasteiger partial charge in [-0.3, -0.25) is 0 Å². The molecule has 0 amide bonds. The summed E-state index contributed by atoms with van der Waals surface area (Å²) < 4.78 is 0.971. The van der Waals surface area contributed by atoms with E-state index in [1.807, 2.05) is 12.3 Å². The highest BCUT2D eigenvalue weighted by molar-refractivity contribution is 7.18. The smallest absolute Gasteiger partial charge is 0.147 e. The maximum atomic E-state index is 9.71. The number of rotatable bonds is 4. The fourth-order valence-corrected chi connectivity index (χ4v) is 2.39. The fraction of sp³-hybridized carbons (Fsp3) is 0.455. The lowest BCUT2D eigenvalue weighted by Gasteiger charge is -2.20. The van der Waals surface area contributed by atoms with Crippen LogP contribution in [0.15, 0.2) is 11.7 Å². The summed E-state index contributed by atoms with van der Waals surface area (Å²) in [7, 11) is 0. The van der Waals surface area contributed by atoms with Gasteiger partial charge in [0.25, 0.3) is 0 Å². The lowest BCUT2D eigenvalue weighted by molar-refractivity contribution is 0.0132. The maximum absolute atomic E-state index is 9.71. The highest BCUT2D eigenvalue weighted by Crippen LogP contribution is 2.28. The van der Waals surface area contributed by atoms with Crippen molar-refractivity contribution in [3.8, 4) is 0 Å². The average molecular weight is 253 g/mol. The Morgan fingerprint density at radius 2 is 2.24 bits per heavy atom. The van der Waals surface area contributed by atoms with Crippen LogP contribution >= 0.6 is 11.3 Å². The molecule has 0 aliphatic carbocycles. The summed E-state index contributed by atoms with van der Waals surface area (Å²) in [5, 5.41) is 23.7. The molecule has 2 aromatic rings. The molecule has 0 spiro atoms. The van der Waals surface area contributed by atoms with Crippen LogP contribution < -0.4 is 5.32 Å². The lowest BCUT2D eigenvalue weighted by Crippen LogP contribution is -2.37. The van der Waals surface area contributed by atoms with Gasteiger partial charge in [-0.1, -0.05) is 0 Å². The molecule has 0 aliphatic heterocycles. The van der Waals surface area contributed by atoms with Gasteiger partial charge >= 0.3 is 0 Å². The third-order valence-electron chi connectivity index (χ3n) is 2.51. The monoisotopic (exact) mass is 253 g/mol. The first-order valence-electron chi connectivity index (χ1n) is 5.29. The molecule has 6 heteroatoms. The molecule has 0 saturated heterocycles. The molecule has 0 aliphatic rings. The molecular formula is C11H15N3O2S. The van der Waals surface area contributed by atoms with E-state index in [4.69, 9.17) is 5.11 Å². The van der Waals surface area contributed by atoms with Gasteiger partial charge in [0.15, 0.2) is 0 Å². The van der Waals surface area contributed by atoms with Crippen LogP contribution in [0, 0.1) is 6.92 Å². The van der Waals surface area contributed by atoms with Crippen LogP contribution in [-0.4, -0.2) is 38.9 Å². The molecule has 0 bridgehead atoms. The molecule has 5 nitrogen and oxygen atoms in total. The highest BCUT2D eigenvalue weighted by Gasteiger charge is 2.19. The standard InChI is InChI=1S/C11H15N3O2S/c1-7-3-17-9-8(7)13-6-14-10(9)12-4-11(2,16)5-15/h3,6,15-16H,4-5H2,1-2H3,(H,12,13,14). The molecule has 2 rings (SSSR count). The van der Waals surface area contributed by atoms with Crippen molar-refractivity contribution in [2.24, 2.45) is 0 Å². The van der Waals surface area contributed by atoms with Gasteiger partial charge < -0.3 is 15.5 Å². The van der Waals surface area contributed by atoms with Gasteiger partial charge in [0.1, 0.15) is 17.7 Å². The maximum Gasteiger partial charge on any atom is 0.147 e. The number of aliphatic hydroxyl groups excluding tert-OH is 1. The molecule has 92 valence electrons. The van der Waals surface area contributed by atoms with E-state index < -0.39 is 5.60 Å². The van der Waals surface area contributed by atoms with Crippen molar-refractivity contribution in [2.75, 3.05) is 18.5 Å². The van der Waals surface area contributed by atoms with Crippen molar-refractivity contribution < 1.29 is 10.2 Å². The molecular weight excluding hydrogens is 238 g/mol. The van der Waals surface area contributed by atoms with Crippen LogP contribution in [0.1, 0.15) is 12.5 Å². The fourth-order valence-electron chi connectivity index (χ4n) is 1.43. The minimum absolute atomic E-state index is 0.243.